The summed E-state index contributed by atoms with van der Waals surface area (Å²) >= 11 is 6.52. The summed E-state index contributed by atoms with van der Waals surface area (Å²) in [4.78, 5) is 112. The minimum atomic E-state index is -1.63. The smallest absolute Gasteiger partial charge is 0.327 e. The van der Waals surface area contributed by atoms with Crippen LogP contribution in [0.5, 0.6) is 0 Å². The molecule has 53 heavy (non-hydrogen) atoms. The van der Waals surface area contributed by atoms with E-state index in [-0.39, 0.29) is 25.0 Å². The number of aliphatic hydroxyl groups is 1. The van der Waals surface area contributed by atoms with E-state index in [0.717, 1.165) is 0 Å². The summed E-state index contributed by atoms with van der Waals surface area (Å²) in [6, 6.07) is -9.67. The molecule has 302 valence electrons. The molecule has 0 spiro atoms. The van der Waals surface area contributed by atoms with Crippen LogP contribution in [0.2, 0.25) is 0 Å². The molecule has 0 fully saturated rings. The van der Waals surface area contributed by atoms with E-state index in [1.165, 1.54) is 37.4 Å². The molecule has 0 saturated heterocycles. The van der Waals surface area contributed by atoms with Crippen LogP contribution in [0.1, 0.15) is 52.4 Å². The maximum Gasteiger partial charge on any atom is 0.327 e. The lowest BCUT2D eigenvalue weighted by molar-refractivity contribution is -0.141. The number of thioether (sulfide) groups is 2. The second-order valence-corrected chi connectivity index (χ2v) is 14.1. The van der Waals surface area contributed by atoms with Gasteiger partial charge >= 0.3 is 17.9 Å². The Morgan fingerprint density at radius 1 is 0.585 bits per heavy atom. The first kappa shape index (κ1) is 49.2. The lowest BCUT2D eigenvalue weighted by Crippen LogP contribution is -2.61. The van der Waals surface area contributed by atoms with Gasteiger partial charge in [0.25, 0.3) is 0 Å². The summed E-state index contributed by atoms with van der Waals surface area (Å²) in [5.74, 6) is -8.85. The van der Waals surface area contributed by atoms with Gasteiger partial charge < -0.3 is 58.1 Å². The van der Waals surface area contributed by atoms with Crippen molar-refractivity contribution < 1.29 is 63.6 Å². The fourth-order valence-electron chi connectivity index (χ4n) is 4.29. The first-order chi connectivity index (χ1) is 24.8. The minimum Gasteiger partial charge on any atom is -0.481 e. The lowest BCUT2D eigenvalue weighted by Gasteiger charge is -2.28. The third kappa shape index (κ3) is 19.7. The van der Waals surface area contributed by atoms with E-state index >= 15 is 0 Å². The van der Waals surface area contributed by atoms with E-state index in [2.05, 4.69) is 44.5 Å². The molecule has 0 aromatic rings. The number of thiol groups is 1. The molecule has 0 aromatic heterocycles. The number of amides is 6. The normalized spacial score (nSPS) is 15.5. The number of nitrogens with one attached hydrogen (secondary N) is 6. The Labute approximate surface area is 320 Å². The van der Waals surface area contributed by atoms with Gasteiger partial charge in [-0.1, -0.05) is 0 Å². The van der Waals surface area contributed by atoms with Gasteiger partial charge in [-0.15, -0.1) is 0 Å². The maximum atomic E-state index is 13.6. The number of carbonyl (C=O) groups is 9. The predicted molar refractivity (Wildman–Crippen MR) is 198 cm³/mol. The molecule has 8 atom stereocenters. The van der Waals surface area contributed by atoms with Crippen molar-refractivity contribution in [3.63, 3.8) is 0 Å². The Bertz CT molecular complexity index is 1290. The molecule has 0 aliphatic rings. The minimum absolute atomic E-state index is 0.0285. The SMILES string of the molecule is CSCC[C@H](NC(=O)[C@H](CCC(=O)O)NC(=O)[C@@H](N)CCC(=O)O)C(=O)N[C@@H](CCSC)C(=O)N[C@H](C(=O)N[C@@H](C)C(=O)N[C@@H](CS)C(=O)O)[C@@H](C)O. The van der Waals surface area contributed by atoms with E-state index in [1.54, 1.807) is 12.5 Å². The number of nitrogens with two attached hydrogens (primary N) is 1. The summed E-state index contributed by atoms with van der Waals surface area (Å²) in [6.45, 7) is 2.44. The number of aliphatic hydroxyl groups excluding tert-OH is 1. The van der Waals surface area contributed by atoms with Crippen molar-refractivity contribution in [2.24, 2.45) is 5.73 Å². The number of carboxylic acids is 3. The van der Waals surface area contributed by atoms with Crippen molar-refractivity contribution in [2.75, 3.05) is 29.8 Å². The van der Waals surface area contributed by atoms with Crippen molar-refractivity contribution in [3.05, 3.63) is 0 Å². The van der Waals surface area contributed by atoms with Crippen molar-refractivity contribution >= 4 is 89.5 Å². The molecule has 0 rings (SSSR count). The quantitative estimate of drug-likeness (QED) is 0.0365. The zero-order valence-corrected chi connectivity index (χ0v) is 32.3. The van der Waals surface area contributed by atoms with Gasteiger partial charge in [-0.05, 0) is 63.5 Å². The Balaban J connectivity index is 6.03. The Kier molecular flexibility index (Phi) is 24.2. The maximum absolute atomic E-state index is 13.6. The topological polar surface area (TPSA) is 333 Å². The van der Waals surface area contributed by atoms with E-state index in [1.807, 2.05) is 0 Å². The summed E-state index contributed by atoms with van der Waals surface area (Å²) in [5, 5.41) is 51.7. The number of hydrogen-bond donors (Lipinski definition) is 12. The molecule has 0 heterocycles. The zero-order valence-electron chi connectivity index (χ0n) is 29.8. The first-order valence-corrected chi connectivity index (χ1v) is 19.7. The summed E-state index contributed by atoms with van der Waals surface area (Å²) in [6.07, 6.45) is 0.375. The van der Waals surface area contributed by atoms with Crippen LogP contribution >= 0.6 is 36.2 Å². The molecule has 23 heteroatoms. The summed E-state index contributed by atoms with van der Waals surface area (Å²) < 4.78 is 0. The lowest BCUT2D eigenvalue weighted by atomic mass is 10.1. The number of aliphatic carboxylic acids is 3. The largest absolute Gasteiger partial charge is 0.481 e. The van der Waals surface area contributed by atoms with Crippen LogP contribution in [0.4, 0.5) is 0 Å². The van der Waals surface area contributed by atoms with Gasteiger partial charge in [-0.25, -0.2) is 4.79 Å². The fourth-order valence-corrected chi connectivity index (χ4v) is 5.48. The number of carboxylic acid groups (broad SMARTS) is 3. The van der Waals surface area contributed by atoms with Crippen LogP contribution in [-0.4, -0.2) is 152 Å². The van der Waals surface area contributed by atoms with Gasteiger partial charge in [0.2, 0.25) is 35.4 Å². The molecule has 0 radical (unpaired) electrons. The number of hydrogen-bond acceptors (Lipinski definition) is 14. The van der Waals surface area contributed by atoms with Gasteiger partial charge in [-0.3, -0.25) is 38.4 Å². The second-order valence-electron chi connectivity index (χ2n) is 11.8. The molecule has 0 bridgehead atoms. The molecular weight excluding hydrogens is 763 g/mol. The summed E-state index contributed by atoms with van der Waals surface area (Å²) in [5.41, 5.74) is 5.74. The van der Waals surface area contributed by atoms with Crippen LogP contribution in [0.3, 0.4) is 0 Å². The van der Waals surface area contributed by atoms with Crippen LogP contribution in [0.15, 0.2) is 0 Å². The van der Waals surface area contributed by atoms with E-state index in [4.69, 9.17) is 15.9 Å². The molecule has 12 N–H and O–H groups in total. The molecule has 0 aromatic carbocycles. The fraction of sp³-hybridized carbons (Fsp3) is 0.700. The standard InChI is InChI=1S/C30H51N7O13S3/c1-14(24(43)36-20(13-51)30(49)50)32-29(48)23(15(2)38)37-28(47)19(10-12-53-4)35-27(46)18(9-11-52-3)34-26(45)17(6-8-22(41)42)33-25(44)16(31)5-7-21(39)40/h14-20,23,38,51H,5-13,31H2,1-4H3,(H,32,48)(H,33,44)(H,34,45)(H,35,46)(H,36,43)(H,37,47)(H,39,40)(H,41,42)(H,49,50)/t14-,15+,16-,17-,18-,19-,20-,23-/m0/s1. The third-order valence-electron chi connectivity index (χ3n) is 7.38. The van der Waals surface area contributed by atoms with Gasteiger partial charge in [0.05, 0.1) is 12.1 Å². The van der Waals surface area contributed by atoms with Gasteiger partial charge in [0.15, 0.2) is 0 Å². The highest BCUT2D eigenvalue weighted by atomic mass is 32.2. The first-order valence-electron chi connectivity index (χ1n) is 16.3. The molecule has 20 nitrogen and oxygen atoms in total. The highest BCUT2D eigenvalue weighted by Gasteiger charge is 2.34. The number of rotatable bonds is 27. The van der Waals surface area contributed by atoms with Crippen molar-refractivity contribution in [3.8, 4) is 0 Å². The predicted octanol–water partition coefficient (Wildman–Crippen LogP) is -3.13. The van der Waals surface area contributed by atoms with Crippen molar-refractivity contribution in [1.29, 1.82) is 0 Å². The van der Waals surface area contributed by atoms with Crippen LogP contribution in [0, 0.1) is 0 Å². The Morgan fingerprint density at radius 3 is 1.42 bits per heavy atom. The van der Waals surface area contributed by atoms with E-state index < -0.39 is 121 Å². The van der Waals surface area contributed by atoms with Gasteiger partial charge in [-0.2, -0.15) is 36.2 Å². The monoisotopic (exact) mass is 813 g/mol. The van der Waals surface area contributed by atoms with E-state index in [9.17, 15) is 53.4 Å². The van der Waals surface area contributed by atoms with E-state index in [0.29, 0.717) is 11.5 Å². The Morgan fingerprint density at radius 2 is 1.00 bits per heavy atom. The number of carbonyl (C=O) groups excluding carboxylic acids is 6. The molecule has 6 amide bonds. The molecule has 0 unspecified atom stereocenters. The van der Waals surface area contributed by atoms with Crippen molar-refractivity contribution in [2.45, 2.75) is 101 Å². The molecular formula is C30H51N7O13S3. The molecule has 0 aliphatic heterocycles. The van der Waals surface area contributed by atoms with Gasteiger partial charge in [0.1, 0.15) is 36.3 Å². The third-order valence-corrected chi connectivity index (χ3v) is 9.04. The van der Waals surface area contributed by atoms with Crippen LogP contribution in [-0.2, 0) is 43.2 Å². The summed E-state index contributed by atoms with van der Waals surface area (Å²) in [7, 11) is 0. The Hall–Kier alpha value is -3.80. The van der Waals surface area contributed by atoms with Crippen molar-refractivity contribution in [1.82, 2.24) is 31.9 Å². The average Bonchev–Trinajstić information content (AvgIpc) is 3.08. The zero-order chi connectivity index (χ0) is 40.8. The molecule has 0 saturated carbocycles. The highest BCUT2D eigenvalue weighted by Crippen LogP contribution is 2.09. The van der Waals surface area contributed by atoms with Gasteiger partial charge in [0, 0.05) is 18.6 Å². The average molecular weight is 814 g/mol. The van der Waals surface area contributed by atoms with Crippen LogP contribution < -0.4 is 37.6 Å². The van der Waals surface area contributed by atoms with Crippen LogP contribution in [0.25, 0.3) is 0 Å². The highest BCUT2D eigenvalue weighted by molar-refractivity contribution is 7.98. The second kappa shape index (κ2) is 26.1. The molecule has 0 aliphatic carbocycles.